The number of nitrogens with zero attached hydrogens (tertiary/aromatic N) is 2. The molecule has 0 aliphatic rings. The van der Waals surface area contributed by atoms with Gasteiger partial charge in [0, 0.05) is 5.56 Å². The molecule has 4 nitrogen and oxygen atoms in total. The van der Waals surface area contributed by atoms with E-state index in [1.54, 1.807) is 18.3 Å². The molecule has 0 aliphatic carbocycles. The molecule has 0 bridgehead atoms. The van der Waals surface area contributed by atoms with E-state index in [4.69, 9.17) is 0 Å². The Morgan fingerprint density at radius 1 is 1.03 bits per heavy atom. The van der Waals surface area contributed by atoms with Crippen LogP contribution in [0.15, 0.2) is 54.7 Å². The molecule has 152 valence electrons. The molecule has 0 unspecified atom stereocenters. The highest BCUT2D eigenvalue weighted by Crippen LogP contribution is 2.21. The van der Waals surface area contributed by atoms with Crippen LogP contribution in [0, 0.1) is 12.7 Å². The molecule has 0 fully saturated rings. The number of carbonyl (C=O) groups is 1. The summed E-state index contributed by atoms with van der Waals surface area (Å²) in [6.45, 7) is 8.06. The van der Waals surface area contributed by atoms with Gasteiger partial charge in [0.1, 0.15) is 5.82 Å². The van der Waals surface area contributed by atoms with E-state index in [2.05, 4.69) is 15.3 Å². The van der Waals surface area contributed by atoms with Crippen molar-refractivity contribution in [2.75, 3.05) is 5.32 Å². The average Bonchev–Trinajstić information content (AvgIpc) is 2.73. The highest BCUT2D eigenvalue weighted by atomic mass is 19.1. The molecule has 3 aromatic rings. The van der Waals surface area contributed by atoms with Crippen LogP contribution in [0.5, 0.6) is 0 Å². The van der Waals surface area contributed by atoms with Gasteiger partial charge in [-0.3, -0.25) is 4.79 Å². The summed E-state index contributed by atoms with van der Waals surface area (Å²) in [4.78, 5) is 21.4. The van der Waals surface area contributed by atoms with Crippen LogP contribution in [-0.2, 0) is 17.6 Å². The lowest BCUT2D eigenvalue weighted by atomic mass is 10.1. The number of anilines is 1. The number of benzene rings is 2. The van der Waals surface area contributed by atoms with E-state index in [0.29, 0.717) is 17.9 Å². The number of rotatable bonds is 6. The van der Waals surface area contributed by atoms with Crippen LogP contribution < -0.4 is 5.32 Å². The summed E-state index contributed by atoms with van der Waals surface area (Å²) >= 11 is 0. The maximum absolute atomic E-state index is 13.1. The molecule has 2 aromatic carbocycles. The smallest absolute Gasteiger partial charge is 0.229 e. The standard InChI is InChI=1S/C22H22FN3O.C2H6/c1-3-4-19-22(26-21(27)13-16-7-5-15(2)6-8-16)24-14-20(25-19)17-9-11-18(23)12-10-17;1-2/h5-12,14H,3-4,13H2,1-2H3,(H,24,26,27);1-2H3. The number of carbonyl (C=O) groups excluding carboxylic acids is 1. The molecule has 0 radical (unpaired) electrons. The first-order valence-corrected chi connectivity index (χ1v) is 10.0. The Kier molecular flexibility index (Phi) is 8.46. The Morgan fingerprint density at radius 2 is 1.69 bits per heavy atom. The summed E-state index contributed by atoms with van der Waals surface area (Å²) in [7, 11) is 0. The van der Waals surface area contributed by atoms with Crippen LogP contribution in [-0.4, -0.2) is 15.9 Å². The van der Waals surface area contributed by atoms with Crippen molar-refractivity contribution in [2.24, 2.45) is 0 Å². The quantitative estimate of drug-likeness (QED) is 0.580. The molecule has 5 heteroatoms. The predicted octanol–water partition coefficient (Wildman–Crippen LogP) is 5.75. The SMILES string of the molecule is CC.CCCc1nc(-c2ccc(F)cc2)cnc1NC(=O)Cc1ccc(C)cc1. The number of amides is 1. The first-order chi connectivity index (χ1) is 14.0. The average molecular weight is 394 g/mol. The number of aryl methyl sites for hydroxylation is 2. The zero-order chi connectivity index (χ0) is 21.2. The van der Waals surface area contributed by atoms with Gasteiger partial charge in [-0.15, -0.1) is 0 Å². The van der Waals surface area contributed by atoms with Crippen molar-refractivity contribution in [3.8, 4) is 11.3 Å². The van der Waals surface area contributed by atoms with Crippen molar-refractivity contribution in [1.82, 2.24) is 9.97 Å². The Labute approximate surface area is 172 Å². The van der Waals surface area contributed by atoms with Gasteiger partial charge in [0.25, 0.3) is 0 Å². The third-order valence-corrected chi connectivity index (χ3v) is 4.21. The zero-order valence-electron chi connectivity index (χ0n) is 17.5. The van der Waals surface area contributed by atoms with Gasteiger partial charge < -0.3 is 5.32 Å². The fraction of sp³-hybridized carbons (Fsp3) is 0.292. The topological polar surface area (TPSA) is 54.9 Å². The fourth-order valence-electron chi connectivity index (χ4n) is 2.77. The number of aromatic nitrogens is 2. The first kappa shape index (κ1) is 22.2. The van der Waals surface area contributed by atoms with Gasteiger partial charge in [-0.2, -0.15) is 0 Å². The van der Waals surface area contributed by atoms with E-state index >= 15 is 0 Å². The number of hydrogen-bond donors (Lipinski definition) is 1. The van der Waals surface area contributed by atoms with Crippen molar-refractivity contribution in [3.05, 3.63) is 77.4 Å². The lowest BCUT2D eigenvalue weighted by molar-refractivity contribution is -0.115. The molecular weight excluding hydrogens is 365 g/mol. The van der Waals surface area contributed by atoms with Crippen molar-refractivity contribution in [2.45, 2.75) is 47.0 Å². The summed E-state index contributed by atoms with van der Waals surface area (Å²) < 4.78 is 13.1. The van der Waals surface area contributed by atoms with E-state index in [-0.39, 0.29) is 18.1 Å². The second-order valence-electron chi connectivity index (χ2n) is 6.52. The van der Waals surface area contributed by atoms with E-state index in [1.165, 1.54) is 12.1 Å². The minimum absolute atomic E-state index is 0.125. The third-order valence-electron chi connectivity index (χ3n) is 4.21. The third kappa shape index (κ3) is 6.49. The van der Waals surface area contributed by atoms with Gasteiger partial charge >= 0.3 is 0 Å². The largest absolute Gasteiger partial charge is 0.309 e. The summed E-state index contributed by atoms with van der Waals surface area (Å²) in [6, 6.07) is 14.0. The number of hydrogen-bond acceptors (Lipinski definition) is 3. The molecule has 0 aliphatic heterocycles. The van der Waals surface area contributed by atoms with Gasteiger partial charge in [0.05, 0.1) is 24.0 Å². The zero-order valence-corrected chi connectivity index (χ0v) is 17.5. The van der Waals surface area contributed by atoms with Gasteiger partial charge in [-0.25, -0.2) is 14.4 Å². The Morgan fingerprint density at radius 3 is 2.31 bits per heavy atom. The van der Waals surface area contributed by atoms with Crippen molar-refractivity contribution in [3.63, 3.8) is 0 Å². The summed E-state index contributed by atoms with van der Waals surface area (Å²) in [6.07, 6.45) is 3.46. The molecule has 1 heterocycles. The monoisotopic (exact) mass is 393 g/mol. The summed E-state index contributed by atoms with van der Waals surface area (Å²) in [5.41, 5.74) is 4.29. The van der Waals surface area contributed by atoms with Crippen molar-refractivity contribution < 1.29 is 9.18 Å². The molecule has 0 saturated carbocycles. The van der Waals surface area contributed by atoms with Crippen LogP contribution >= 0.6 is 0 Å². The molecule has 1 N–H and O–H groups in total. The maximum Gasteiger partial charge on any atom is 0.229 e. The fourth-order valence-corrected chi connectivity index (χ4v) is 2.77. The molecule has 3 rings (SSSR count). The van der Waals surface area contributed by atoms with Gasteiger partial charge in [-0.1, -0.05) is 57.0 Å². The van der Waals surface area contributed by atoms with E-state index < -0.39 is 0 Å². The predicted molar refractivity (Wildman–Crippen MR) is 116 cm³/mol. The van der Waals surface area contributed by atoms with Crippen molar-refractivity contribution >= 4 is 11.7 Å². The molecule has 0 atom stereocenters. The van der Waals surface area contributed by atoms with E-state index in [1.807, 2.05) is 52.0 Å². The lowest BCUT2D eigenvalue weighted by Gasteiger charge is -2.11. The normalized spacial score (nSPS) is 10.1. The molecule has 29 heavy (non-hydrogen) atoms. The van der Waals surface area contributed by atoms with Crippen LogP contribution in [0.1, 0.15) is 44.0 Å². The Bertz CT molecular complexity index is 922. The Hall–Kier alpha value is -3.08. The minimum Gasteiger partial charge on any atom is -0.309 e. The molecule has 0 saturated heterocycles. The number of halogens is 1. The van der Waals surface area contributed by atoms with E-state index in [9.17, 15) is 9.18 Å². The van der Waals surface area contributed by atoms with Crippen LogP contribution in [0.25, 0.3) is 11.3 Å². The molecule has 1 aromatic heterocycles. The highest BCUT2D eigenvalue weighted by Gasteiger charge is 2.12. The summed E-state index contributed by atoms with van der Waals surface area (Å²) in [5.74, 6) is 0.0698. The maximum atomic E-state index is 13.1. The first-order valence-electron chi connectivity index (χ1n) is 10.0. The second kappa shape index (κ2) is 11.1. The summed E-state index contributed by atoms with van der Waals surface area (Å²) in [5, 5.41) is 2.87. The van der Waals surface area contributed by atoms with Gasteiger partial charge in [0.2, 0.25) is 5.91 Å². The second-order valence-corrected chi connectivity index (χ2v) is 6.52. The van der Waals surface area contributed by atoms with Crippen molar-refractivity contribution in [1.29, 1.82) is 0 Å². The minimum atomic E-state index is -0.291. The van der Waals surface area contributed by atoms with Gasteiger partial charge in [0.15, 0.2) is 5.82 Å². The van der Waals surface area contributed by atoms with Crippen LogP contribution in [0.3, 0.4) is 0 Å². The van der Waals surface area contributed by atoms with Crippen LogP contribution in [0.2, 0.25) is 0 Å². The van der Waals surface area contributed by atoms with E-state index in [0.717, 1.165) is 28.8 Å². The number of nitrogens with one attached hydrogen (secondary N) is 1. The highest BCUT2D eigenvalue weighted by molar-refractivity contribution is 5.92. The van der Waals surface area contributed by atoms with Gasteiger partial charge in [-0.05, 0) is 43.2 Å². The molecular formula is C24H28FN3O. The molecule has 1 amide bonds. The van der Waals surface area contributed by atoms with Crippen LogP contribution in [0.4, 0.5) is 10.2 Å². The Balaban J connectivity index is 0.00000145. The lowest BCUT2D eigenvalue weighted by Crippen LogP contribution is -2.17. The molecule has 0 spiro atoms.